The van der Waals surface area contributed by atoms with Crippen LogP contribution < -0.4 is 4.90 Å². The Kier molecular flexibility index (Phi) is 4.09. The number of anilines is 1. The molecule has 1 aromatic carbocycles. The summed E-state index contributed by atoms with van der Waals surface area (Å²) in [6, 6.07) is 8.29. The van der Waals surface area contributed by atoms with Crippen LogP contribution in [0.25, 0.3) is 0 Å². The summed E-state index contributed by atoms with van der Waals surface area (Å²) in [5.41, 5.74) is 1.34. The van der Waals surface area contributed by atoms with Crippen LogP contribution in [0.2, 0.25) is 0 Å². The summed E-state index contributed by atoms with van der Waals surface area (Å²) in [5, 5.41) is 9.23. The van der Waals surface area contributed by atoms with E-state index in [1.165, 1.54) is 11.3 Å². The van der Waals surface area contributed by atoms with Gasteiger partial charge in [0.15, 0.2) is 0 Å². The lowest BCUT2D eigenvalue weighted by Crippen LogP contribution is -2.25. The Morgan fingerprint density at radius 1 is 1.28 bits per heavy atom. The molecule has 0 aliphatic rings. The molecule has 1 aromatic heterocycles. The highest BCUT2D eigenvalue weighted by molar-refractivity contribution is 9.12. The van der Waals surface area contributed by atoms with Crippen molar-refractivity contribution in [3.63, 3.8) is 0 Å². The zero-order valence-electron chi connectivity index (χ0n) is 9.35. The molecule has 0 saturated heterocycles. The number of hydrogen-bond donors (Lipinski definition) is 1. The van der Waals surface area contributed by atoms with Crippen LogP contribution in [0.15, 0.2) is 37.9 Å². The van der Waals surface area contributed by atoms with Crippen molar-refractivity contribution in [3.05, 3.63) is 43.5 Å². The Balaban J connectivity index is 2.29. The van der Waals surface area contributed by atoms with Gasteiger partial charge in [0, 0.05) is 12.7 Å². The number of carbonyl (C=O) groups excluding carboxylic acids is 1. The third-order valence-electron chi connectivity index (χ3n) is 2.43. The van der Waals surface area contributed by atoms with Crippen molar-refractivity contribution in [2.75, 3.05) is 11.9 Å². The maximum absolute atomic E-state index is 12.3. The second kappa shape index (κ2) is 5.42. The highest BCUT2D eigenvalue weighted by Gasteiger charge is 2.18. The topological polar surface area (TPSA) is 40.5 Å². The van der Waals surface area contributed by atoms with Crippen LogP contribution in [0.3, 0.4) is 0 Å². The molecule has 0 spiro atoms. The summed E-state index contributed by atoms with van der Waals surface area (Å²) in [4.78, 5) is 13.8. The summed E-state index contributed by atoms with van der Waals surface area (Å²) in [7, 11) is 1.70. The third-order valence-corrected chi connectivity index (χ3v) is 4.77. The van der Waals surface area contributed by atoms with E-state index in [4.69, 9.17) is 0 Å². The Labute approximate surface area is 125 Å². The minimum Gasteiger partial charge on any atom is -0.508 e. The van der Waals surface area contributed by atoms with Gasteiger partial charge in [0.05, 0.1) is 13.1 Å². The van der Waals surface area contributed by atoms with Gasteiger partial charge in [0.2, 0.25) is 0 Å². The van der Waals surface area contributed by atoms with E-state index in [9.17, 15) is 9.90 Å². The highest BCUT2D eigenvalue weighted by atomic mass is 79.9. The average Bonchev–Trinajstić information content (AvgIpc) is 2.67. The normalized spacial score (nSPS) is 10.4. The van der Waals surface area contributed by atoms with Gasteiger partial charge < -0.3 is 10.0 Å². The molecular formula is C12H9Br2NO2S. The first-order valence-corrected chi connectivity index (χ1v) is 7.41. The molecule has 1 heterocycles. The molecule has 0 atom stereocenters. The highest BCUT2D eigenvalue weighted by Crippen LogP contribution is 2.33. The van der Waals surface area contributed by atoms with Gasteiger partial charge >= 0.3 is 0 Å². The van der Waals surface area contributed by atoms with Gasteiger partial charge in [-0.1, -0.05) is 0 Å². The lowest BCUT2D eigenvalue weighted by Gasteiger charge is -2.16. The van der Waals surface area contributed by atoms with E-state index in [2.05, 4.69) is 31.9 Å². The van der Waals surface area contributed by atoms with E-state index in [1.807, 2.05) is 0 Å². The standard InChI is InChI=1S/C12H9Br2NO2S/c1-15(7-2-4-8(16)5-3-7)12(17)9-6-10(13)18-11(9)14/h2-6,16H,1H3. The number of halogens is 2. The molecule has 18 heavy (non-hydrogen) atoms. The number of phenolic OH excluding ortho intramolecular Hbond substituents is 1. The van der Waals surface area contributed by atoms with Gasteiger partial charge in [-0.2, -0.15) is 0 Å². The lowest BCUT2D eigenvalue weighted by atomic mass is 10.2. The lowest BCUT2D eigenvalue weighted by molar-refractivity contribution is 0.0992. The minimum absolute atomic E-state index is 0.102. The number of thiophene rings is 1. The Morgan fingerprint density at radius 2 is 1.89 bits per heavy atom. The second-order valence-corrected chi connectivity index (χ2v) is 7.37. The van der Waals surface area contributed by atoms with Crippen molar-refractivity contribution >= 4 is 54.8 Å². The summed E-state index contributed by atoms with van der Waals surface area (Å²) in [6.07, 6.45) is 0. The first-order chi connectivity index (χ1) is 8.49. The molecular weight excluding hydrogens is 382 g/mol. The van der Waals surface area contributed by atoms with Crippen LogP contribution in [0.5, 0.6) is 5.75 Å². The van der Waals surface area contributed by atoms with E-state index >= 15 is 0 Å². The van der Waals surface area contributed by atoms with Crippen LogP contribution in [0.1, 0.15) is 10.4 Å². The molecule has 6 heteroatoms. The number of nitrogens with zero attached hydrogens (tertiary/aromatic N) is 1. The fourth-order valence-corrected chi connectivity index (χ4v) is 4.24. The molecule has 94 valence electrons. The van der Waals surface area contributed by atoms with Crippen molar-refractivity contribution in [2.45, 2.75) is 0 Å². The Bertz CT molecular complexity index is 580. The van der Waals surface area contributed by atoms with Crippen molar-refractivity contribution in [1.82, 2.24) is 0 Å². The number of carbonyl (C=O) groups is 1. The smallest absolute Gasteiger partial charge is 0.260 e. The quantitative estimate of drug-likeness (QED) is 0.832. The van der Waals surface area contributed by atoms with Crippen LogP contribution in [0, 0.1) is 0 Å². The number of amides is 1. The van der Waals surface area contributed by atoms with Crippen molar-refractivity contribution < 1.29 is 9.90 Å². The van der Waals surface area contributed by atoms with E-state index in [0.717, 1.165) is 13.3 Å². The fraction of sp³-hybridized carbons (Fsp3) is 0.0833. The second-order valence-electron chi connectivity index (χ2n) is 3.62. The van der Waals surface area contributed by atoms with Crippen molar-refractivity contribution in [3.8, 4) is 5.75 Å². The maximum Gasteiger partial charge on any atom is 0.260 e. The maximum atomic E-state index is 12.3. The summed E-state index contributed by atoms with van der Waals surface area (Å²) < 4.78 is 1.70. The van der Waals surface area contributed by atoms with Gasteiger partial charge in [-0.05, 0) is 62.2 Å². The van der Waals surface area contributed by atoms with Gasteiger partial charge in [-0.15, -0.1) is 11.3 Å². The summed E-state index contributed by atoms with van der Waals surface area (Å²) >= 11 is 8.18. The van der Waals surface area contributed by atoms with Gasteiger partial charge in [0.25, 0.3) is 5.91 Å². The number of hydrogen-bond acceptors (Lipinski definition) is 3. The predicted molar refractivity (Wildman–Crippen MR) is 80.6 cm³/mol. The molecule has 2 rings (SSSR count). The number of phenols is 1. The van der Waals surface area contributed by atoms with Crippen LogP contribution in [-0.4, -0.2) is 18.1 Å². The first kappa shape index (κ1) is 13.6. The number of rotatable bonds is 2. The van der Waals surface area contributed by atoms with Crippen LogP contribution >= 0.6 is 43.2 Å². The fourth-order valence-electron chi connectivity index (χ4n) is 1.46. The molecule has 0 saturated carbocycles. The first-order valence-electron chi connectivity index (χ1n) is 5.01. The van der Waals surface area contributed by atoms with Crippen LogP contribution in [0.4, 0.5) is 5.69 Å². The van der Waals surface area contributed by atoms with Gasteiger partial charge in [-0.25, -0.2) is 0 Å². The van der Waals surface area contributed by atoms with Crippen LogP contribution in [-0.2, 0) is 0 Å². The van der Waals surface area contributed by atoms with Crippen molar-refractivity contribution in [2.24, 2.45) is 0 Å². The summed E-state index contributed by atoms with van der Waals surface area (Å²) in [6.45, 7) is 0. The number of benzene rings is 1. The average molecular weight is 391 g/mol. The Hall–Kier alpha value is -0.850. The number of aromatic hydroxyl groups is 1. The zero-order valence-corrected chi connectivity index (χ0v) is 13.3. The van der Waals surface area contributed by atoms with Crippen molar-refractivity contribution in [1.29, 1.82) is 0 Å². The molecule has 0 fully saturated rings. The largest absolute Gasteiger partial charge is 0.508 e. The molecule has 0 aliphatic carbocycles. The van der Waals surface area contributed by atoms with E-state index in [1.54, 1.807) is 42.3 Å². The molecule has 2 aromatic rings. The zero-order chi connectivity index (χ0) is 13.3. The predicted octanol–water partition coefficient (Wildman–Crippen LogP) is 4.26. The van der Waals surface area contributed by atoms with E-state index in [0.29, 0.717) is 5.56 Å². The SMILES string of the molecule is CN(C(=O)c1cc(Br)sc1Br)c1ccc(O)cc1. The van der Waals surface area contributed by atoms with Gasteiger partial charge in [0.1, 0.15) is 5.75 Å². The molecule has 0 radical (unpaired) electrons. The minimum atomic E-state index is -0.102. The van der Waals surface area contributed by atoms with E-state index in [-0.39, 0.29) is 11.7 Å². The Morgan fingerprint density at radius 3 is 2.39 bits per heavy atom. The molecule has 1 N–H and O–H groups in total. The third kappa shape index (κ3) is 2.76. The molecule has 0 aliphatic heterocycles. The molecule has 1 amide bonds. The van der Waals surface area contributed by atoms with Gasteiger partial charge in [-0.3, -0.25) is 4.79 Å². The summed E-state index contributed by atoms with van der Waals surface area (Å²) in [5.74, 6) is 0.0774. The molecule has 0 bridgehead atoms. The molecule has 0 unspecified atom stereocenters. The van der Waals surface area contributed by atoms with E-state index < -0.39 is 0 Å². The molecule has 3 nitrogen and oxygen atoms in total. The monoisotopic (exact) mass is 389 g/mol.